The fraction of sp³-hybridized carbons (Fsp3) is 0.259. The van der Waals surface area contributed by atoms with Crippen LogP contribution in [0.3, 0.4) is 0 Å². The van der Waals surface area contributed by atoms with Crippen molar-refractivity contribution in [3.63, 3.8) is 0 Å². The summed E-state index contributed by atoms with van der Waals surface area (Å²) < 4.78 is 27.6. The van der Waals surface area contributed by atoms with Gasteiger partial charge in [0.15, 0.2) is 17.2 Å². The van der Waals surface area contributed by atoms with Crippen LogP contribution in [0.15, 0.2) is 53.3 Å². The fourth-order valence-electron chi connectivity index (χ4n) is 4.46. The molecule has 1 aliphatic rings. The first-order valence-electron chi connectivity index (χ1n) is 11.2. The zero-order chi connectivity index (χ0) is 25.8. The van der Waals surface area contributed by atoms with Crippen LogP contribution in [0.2, 0.25) is 5.02 Å². The first kappa shape index (κ1) is 25.2. The van der Waals surface area contributed by atoms with Gasteiger partial charge in [0, 0.05) is 5.56 Å². The van der Waals surface area contributed by atoms with Crippen LogP contribution in [0, 0.1) is 0 Å². The molecule has 0 saturated heterocycles. The van der Waals surface area contributed by atoms with E-state index in [1.54, 1.807) is 36.4 Å². The first-order chi connectivity index (χ1) is 17.4. The van der Waals surface area contributed by atoms with Gasteiger partial charge >= 0.3 is 6.09 Å². The van der Waals surface area contributed by atoms with Gasteiger partial charge in [0.1, 0.15) is 5.75 Å². The number of carbonyl (C=O) groups is 1. The van der Waals surface area contributed by atoms with E-state index in [4.69, 9.17) is 35.3 Å². The Bertz CT molecular complexity index is 1340. The van der Waals surface area contributed by atoms with Crippen molar-refractivity contribution in [3.8, 4) is 39.9 Å². The Hall–Kier alpha value is -3.91. The lowest BCUT2D eigenvalue weighted by Crippen LogP contribution is -2.31. The van der Waals surface area contributed by atoms with Crippen molar-refractivity contribution < 1.29 is 28.5 Å². The molecule has 1 N–H and O–H groups in total. The molecule has 0 radical (unpaired) electrons. The largest absolute Gasteiger partial charge is 0.493 e. The second kappa shape index (κ2) is 10.8. The van der Waals surface area contributed by atoms with Crippen LogP contribution in [-0.2, 0) is 6.42 Å². The summed E-state index contributed by atoms with van der Waals surface area (Å²) in [6.45, 7) is 0. The van der Waals surface area contributed by atoms with Gasteiger partial charge in [-0.15, -0.1) is 0 Å². The summed E-state index contributed by atoms with van der Waals surface area (Å²) in [7, 11) is 5.94. The summed E-state index contributed by atoms with van der Waals surface area (Å²) >= 11 is 6.80. The van der Waals surface area contributed by atoms with Crippen LogP contribution in [-0.4, -0.2) is 34.5 Å². The van der Waals surface area contributed by atoms with Gasteiger partial charge in [0.25, 0.3) is 0 Å². The van der Waals surface area contributed by atoms with E-state index in [0.29, 0.717) is 57.6 Å². The van der Waals surface area contributed by atoms with Gasteiger partial charge in [-0.05, 0) is 53.8 Å². The third-order valence-electron chi connectivity index (χ3n) is 6.05. The molecular weight excluding hydrogens is 486 g/mol. The summed E-state index contributed by atoms with van der Waals surface area (Å²) in [6.07, 6.45) is 0.223. The molecule has 1 amide bonds. The average Bonchev–Trinajstić information content (AvgIpc) is 3.13. The molecule has 0 heterocycles. The Morgan fingerprint density at radius 1 is 0.917 bits per heavy atom. The number of methoxy groups -OCH3 is 4. The maximum Gasteiger partial charge on any atom is 0.413 e. The van der Waals surface area contributed by atoms with E-state index in [1.807, 2.05) is 6.07 Å². The molecule has 3 aromatic rings. The highest BCUT2D eigenvalue weighted by Crippen LogP contribution is 2.54. The van der Waals surface area contributed by atoms with Gasteiger partial charge in [-0.1, -0.05) is 35.9 Å². The summed E-state index contributed by atoms with van der Waals surface area (Å²) in [5.74, 6) is 1.62. The van der Waals surface area contributed by atoms with E-state index in [-0.39, 0.29) is 11.2 Å². The molecular formula is C27H26ClNO7. The number of hydrogen-bond acceptors (Lipinski definition) is 7. The highest BCUT2D eigenvalue weighted by molar-refractivity contribution is 6.34. The number of ether oxygens (including phenoxy) is 5. The first-order valence-corrected chi connectivity index (χ1v) is 11.6. The highest BCUT2D eigenvalue weighted by atomic mass is 35.5. The number of para-hydroxylation sites is 1. The van der Waals surface area contributed by atoms with Gasteiger partial charge < -0.3 is 29.0 Å². The van der Waals surface area contributed by atoms with Crippen LogP contribution in [0.1, 0.15) is 23.6 Å². The van der Waals surface area contributed by atoms with Gasteiger partial charge in [-0.2, -0.15) is 0 Å². The smallest absolute Gasteiger partial charge is 0.413 e. The average molecular weight is 512 g/mol. The molecule has 0 aromatic heterocycles. The lowest BCUT2D eigenvalue weighted by molar-refractivity contribution is 0.195. The number of nitrogens with one attached hydrogen (secondary N) is 1. The Kier molecular flexibility index (Phi) is 7.55. The SMILES string of the molecule is COc1c(Cl)c2c(c(OC)c1OC)-c1ccc(OC)c(=O)cc1[C@@H](NC(=O)Oc1ccccc1)CC2. The molecule has 0 spiro atoms. The van der Waals surface area contributed by atoms with E-state index >= 15 is 0 Å². The molecule has 36 heavy (non-hydrogen) atoms. The predicted octanol–water partition coefficient (Wildman–Crippen LogP) is 5.18. The van der Waals surface area contributed by atoms with Crippen LogP contribution in [0.5, 0.6) is 28.7 Å². The molecule has 8 nitrogen and oxygen atoms in total. The number of amides is 1. The van der Waals surface area contributed by atoms with Crippen molar-refractivity contribution in [2.45, 2.75) is 18.9 Å². The number of hydrogen-bond donors (Lipinski definition) is 1. The zero-order valence-corrected chi connectivity index (χ0v) is 21.1. The second-order valence-corrected chi connectivity index (χ2v) is 8.36. The Balaban J connectivity index is 1.91. The minimum Gasteiger partial charge on any atom is -0.493 e. The minimum absolute atomic E-state index is 0.153. The molecule has 0 aliphatic heterocycles. The van der Waals surface area contributed by atoms with E-state index in [9.17, 15) is 9.59 Å². The van der Waals surface area contributed by atoms with E-state index in [0.717, 1.165) is 5.56 Å². The molecule has 0 saturated carbocycles. The number of carbonyl (C=O) groups excluding carboxylic acids is 1. The number of benzene rings is 2. The Morgan fingerprint density at radius 2 is 1.61 bits per heavy atom. The minimum atomic E-state index is -0.651. The van der Waals surface area contributed by atoms with Crippen LogP contribution in [0.25, 0.3) is 11.1 Å². The lowest BCUT2D eigenvalue weighted by atomic mass is 9.95. The van der Waals surface area contributed by atoms with Gasteiger partial charge in [-0.3, -0.25) is 4.79 Å². The zero-order valence-electron chi connectivity index (χ0n) is 20.3. The van der Waals surface area contributed by atoms with Gasteiger partial charge in [0.05, 0.1) is 39.5 Å². The molecule has 3 aromatic carbocycles. The standard InChI is InChI=1S/C27H26ClNO7/c1-32-21-13-11-16-18(14-20(21)30)19(29-27(31)36-15-8-6-5-7-9-15)12-10-17-22(16)24(33-2)26(35-4)25(34-3)23(17)28/h5-9,11,13-14,19H,10,12H2,1-4H3,(H,29,31)/t19-/m0/s1. The maximum atomic E-state index is 12.9. The molecule has 1 atom stereocenters. The van der Waals surface area contributed by atoms with Crippen molar-refractivity contribution in [1.82, 2.24) is 5.32 Å². The van der Waals surface area contributed by atoms with Crippen molar-refractivity contribution in [1.29, 1.82) is 0 Å². The van der Waals surface area contributed by atoms with Crippen LogP contribution in [0.4, 0.5) is 4.79 Å². The summed E-state index contributed by atoms with van der Waals surface area (Å²) in [5.41, 5.74) is 2.25. The number of fused-ring (bicyclic) bond motifs is 3. The summed E-state index contributed by atoms with van der Waals surface area (Å²) in [6, 6.07) is 12.9. The van der Waals surface area contributed by atoms with Crippen LogP contribution >= 0.6 is 11.6 Å². The number of halogens is 1. The molecule has 0 bridgehead atoms. The Morgan fingerprint density at radius 3 is 2.25 bits per heavy atom. The van der Waals surface area contributed by atoms with Crippen molar-refractivity contribution >= 4 is 17.7 Å². The van der Waals surface area contributed by atoms with E-state index in [2.05, 4.69) is 5.32 Å². The Labute approximate surface area is 213 Å². The molecule has 0 fully saturated rings. The molecule has 1 aliphatic carbocycles. The maximum absolute atomic E-state index is 12.9. The highest BCUT2D eigenvalue weighted by Gasteiger charge is 2.32. The van der Waals surface area contributed by atoms with Gasteiger partial charge in [0.2, 0.25) is 11.2 Å². The normalized spacial score (nSPS) is 14.0. The third kappa shape index (κ3) is 4.64. The fourth-order valence-corrected chi connectivity index (χ4v) is 4.81. The molecule has 9 heteroatoms. The predicted molar refractivity (Wildman–Crippen MR) is 136 cm³/mol. The molecule has 4 rings (SSSR count). The van der Waals surface area contributed by atoms with E-state index in [1.165, 1.54) is 34.5 Å². The third-order valence-corrected chi connectivity index (χ3v) is 6.45. The molecule has 0 unspecified atom stereocenters. The van der Waals surface area contributed by atoms with Crippen molar-refractivity contribution in [2.24, 2.45) is 0 Å². The van der Waals surface area contributed by atoms with Gasteiger partial charge in [-0.25, -0.2) is 4.79 Å². The quantitative estimate of drug-likeness (QED) is 0.487. The number of rotatable bonds is 6. The second-order valence-electron chi connectivity index (χ2n) is 7.98. The van der Waals surface area contributed by atoms with E-state index < -0.39 is 12.1 Å². The topological polar surface area (TPSA) is 92.3 Å². The van der Waals surface area contributed by atoms with Crippen molar-refractivity contribution in [2.75, 3.05) is 28.4 Å². The monoisotopic (exact) mass is 511 g/mol. The van der Waals surface area contributed by atoms with Crippen LogP contribution < -0.4 is 34.4 Å². The molecule has 188 valence electrons. The lowest BCUT2D eigenvalue weighted by Gasteiger charge is -2.21. The van der Waals surface area contributed by atoms with Crippen molar-refractivity contribution in [3.05, 3.63) is 74.9 Å². The summed E-state index contributed by atoms with van der Waals surface area (Å²) in [5, 5.41) is 3.27. The summed E-state index contributed by atoms with van der Waals surface area (Å²) in [4.78, 5) is 25.8.